The van der Waals surface area contributed by atoms with Gasteiger partial charge in [-0.3, -0.25) is 0 Å². The van der Waals surface area contributed by atoms with Crippen LogP contribution >= 0.6 is 0 Å². The van der Waals surface area contributed by atoms with E-state index in [0.717, 1.165) is 6.07 Å². The van der Waals surface area contributed by atoms with Crippen molar-refractivity contribution in [1.82, 2.24) is 4.31 Å². The van der Waals surface area contributed by atoms with Gasteiger partial charge in [-0.25, -0.2) is 13.2 Å². The summed E-state index contributed by atoms with van der Waals surface area (Å²) in [5.74, 6) is -1.26. The molecule has 1 N–H and O–H groups in total. The number of nitrogens with zero attached hydrogens (tertiary/aromatic N) is 3. The Morgan fingerprint density at radius 2 is 1.84 bits per heavy atom. The van der Waals surface area contributed by atoms with Gasteiger partial charge in [-0.2, -0.15) is 14.8 Å². The van der Waals surface area contributed by atoms with Crippen molar-refractivity contribution in [3.63, 3.8) is 0 Å². The molecule has 0 bridgehead atoms. The zero-order chi connectivity index (χ0) is 14.5. The van der Waals surface area contributed by atoms with E-state index in [-0.39, 0.29) is 10.5 Å². The molecular weight excluding hydrogens is 270 g/mol. The molecule has 0 saturated carbocycles. The Hall–Kier alpha value is -2.42. The number of hydrogen-bond acceptors (Lipinski definition) is 5. The second-order valence-corrected chi connectivity index (χ2v) is 5.36. The molecule has 0 unspecified atom stereocenters. The molecule has 0 fully saturated rings. The molecule has 0 aromatic heterocycles. The van der Waals surface area contributed by atoms with E-state index < -0.39 is 29.1 Å². The fourth-order valence-electron chi connectivity index (χ4n) is 1.32. The van der Waals surface area contributed by atoms with E-state index in [4.69, 9.17) is 15.6 Å². The summed E-state index contributed by atoms with van der Waals surface area (Å²) in [7, 11) is -4.06. The monoisotopic (exact) mass is 279 g/mol. The standard InChI is InChI=1S/C11H9N3O4S/c12-4-6-14(7-5-13)19(17,18)10-3-1-2-9(8-10)11(15)16/h1-3,8H,6-7H2,(H,15,16). The largest absolute Gasteiger partial charge is 0.478 e. The molecule has 19 heavy (non-hydrogen) atoms. The Balaban J connectivity index is 3.26. The molecule has 0 aliphatic heterocycles. The molecule has 8 heteroatoms. The lowest BCUT2D eigenvalue weighted by molar-refractivity contribution is 0.0696. The summed E-state index contributed by atoms with van der Waals surface area (Å²) in [6.45, 7) is -0.958. The van der Waals surface area contributed by atoms with E-state index in [2.05, 4.69) is 0 Å². The third kappa shape index (κ3) is 3.28. The lowest BCUT2D eigenvalue weighted by atomic mass is 10.2. The van der Waals surface area contributed by atoms with Crippen LogP contribution in [0.5, 0.6) is 0 Å². The molecule has 1 aromatic rings. The van der Waals surface area contributed by atoms with Crippen molar-refractivity contribution >= 4 is 16.0 Å². The minimum atomic E-state index is -4.06. The van der Waals surface area contributed by atoms with Gasteiger partial charge in [0.15, 0.2) is 0 Å². The molecule has 7 nitrogen and oxygen atoms in total. The highest BCUT2D eigenvalue weighted by molar-refractivity contribution is 7.89. The summed E-state index contributed by atoms with van der Waals surface area (Å²) in [5.41, 5.74) is -0.185. The molecule has 0 radical (unpaired) electrons. The van der Waals surface area contributed by atoms with E-state index >= 15 is 0 Å². The number of benzene rings is 1. The Kier molecular flexibility index (Phi) is 4.59. The summed E-state index contributed by atoms with van der Waals surface area (Å²) >= 11 is 0. The normalized spacial score (nSPS) is 10.7. The maximum Gasteiger partial charge on any atom is 0.335 e. The van der Waals surface area contributed by atoms with Crippen LogP contribution in [0.25, 0.3) is 0 Å². The molecule has 0 heterocycles. The van der Waals surface area contributed by atoms with Gasteiger partial charge in [0.25, 0.3) is 0 Å². The van der Waals surface area contributed by atoms with Gasteiger partial charge >= 0.3 is 5.97 Å². The third-order valence-electron chi connectivity index (χ3n) is 2.21. The van der Waals surface area contributed by atoms with E-state index in [1.807, 2.05) is 0 Å². The molecule has 0 aliphatic rings. The molecule has 0 spiro atoms. The topological polar surface area (TPSA) is 122 Å². The number of nitriles is 2. The summed E-state index contributed by atoms with van der Waals surface area (Å²) in [5, 5.41) is 25.9. The van der Waals surface area contributed by atoms with Gasteiger partial charge in [-0.1, -0.05) is 6.07 Å². The van der Waals surface area contributed by atoms with Crippen molar-refractivity contribution in [2.75, 3.05) is 13.1 Å². The number of sulfonamides is 1. The van der Waals surface area contributed by atoms with Crippen molar-refractivity contribution in [3.8, 4) is 12.1 Å². The quantitative estimate of drug-likeness (QED) is 0.779. The number of rotatable bonds is 5. The van der Waals surface area contributed by atoms with E-state index in [1.54, 1.807) is 12.1 Å². The molecule has 98 valence electrons. The first-order valence-electron chi connectivity index (χ1n) is 5.01. The Morgan fingerprint density at radius 3 is 2.32 bits per heavy atom. The Morgan fingerprint density at radius 1 is 1.26 bits per heavy atom. The molecule has 1 rings (SSSR count). The second-order valence-electron chi connectivity index (χ2n) is 3.42. The molecule has 0 saturated heterocycles. The van der Waals surface area contributed by atoms with Gasteiger partial charge in [0.2, 0.25) is 10.0 Å². The predicted molar refractivity (Wildman–Crippen MR) is 63.4 cm³/mol. The first-order valence-corrected chi connectivity index (χ1v) is 6.45. The van der Waals surface area contributed by atoms with Crippen LogP contribution in [0, 0.1) is 22.7 Å². The van der Waals surface area contributed by atoms with Crippen LogP contribution in [0.1, 0.15) is 10.4 Å². The maximum atomic E-state index is 12.1. The number of carbonyl (C=O) groups is 1. The van der Waals surface area contributed by atoms with Crippen molar-refractivity contribution < 1.29 is 18.3 Å². The van der Waals surface area contributed by atoms with E-state index in [0.29, 0.717) is 4.31 Å². The van der Waals surface area contributed by atoms with Gasteiger partial charge in [-0.15, -0.1) is 0 Å². The fraction of sp³-hybridized carbons (Fsp3) is 0.182. The van der Waals surface area contributed by atoms with Crippen LogP contribution in [-0.2, 0) is 10.0 Å². The van der Waals surface area contributed by atoms with Crippen LogP contribution in [0.4, 0.5) is 0 Å². The van der Waals surface area contributed by atoms with Gasteiger partial charge in [0, 0.05) is 0 Å². The summed E-state index contributed by atoms with van der Waals surface area (Å²) in [4.78, 5) is 10.5. The highest BCUT2D eigenvalue weighted by atomic mass is 32.2. The van der Waals surface area contributed by atoms with Crippen LogP contribution in [0.15, 0.2) is 29.2 Å². The average molecular weight is 279 g/mol. The zero-order valence-electron chi connectivity index (χ0n) is 9.65. The second kappa shape index (κ2) is 5.96. The lowest BCUT2D eigenvalue weighted by Crippen LogP contribution is -2.32. The predicted octanol–water partition coefficient (Wildman–Crippen LogP) is 0.423. The average Bonchev–Trinajstić information content (AvgIpc) is 2.38. The number of carboxylic acid groups (broad SMARTS) is 1. The van der Waals surface area contributed by atoms with Gasteiger partial charge in [0.05, 0.1) is 22.6 Å². The Labute approximate surface area is 110 Å². The summed E-state index contributed by atoms with van der Waals surface area (Å²) in [6.07, 6.45) is 0. The van der Waals surface area contributed by atoms with Crippen molar-refractivity contribution in [1.29, 1.82) is 10.5 Å². The van der Waals surface area contributed by atoms with Crippen LogP contribution < -0.4 is 0 Å². The molecule has 0 aliphatic carbocycles. The van der Waals surface area contributed by atoms with Gasteiger partial charge in [0.1, 0.15) is 13.1 Å². The summed E-state index contributed by atoms with van der Waals surface area (Å²) < 4.78 is 24.9. The van der Waals surface area contributed by atoms with Crippen LogP contribution in [0.2, 0.25) is 0 Å². The smallest absolute Gasteiger partial charge is 0.335 e. The van der Waals surface area contributed by atoms with Gasteiger partial charge in [-0.05, 0) is 18.2 Å². The number of hydrogen-bond donors (Lipinski definition) is 1. The molecular formula is C11H9N3O4S. The van der Waals surface area contributed by atoms with Crippen molar-refractivity contribution in [2.45, 2.75) is 4.90 Å². The molecule has 0 amide bonds. The zero-order valence-corrected chi connectivity index (χ0v) is 10.5. The first-order chi connectivity index (χ1) is 8.93. The van der Waals surface area contributed by atoms with Crippen LogP contribution in [0.3, 0.4) is 0 Å². The number of carboxylic acids is 1. The highest BCUT2D eigenvalue weighted by Crippen LogP contribution is 2.16. The minimum absolute atomic E-state index is 0.185. The fourth-order valence-corrected chi connectivity index (χ4v) is 2.60. The molecule has 0 atom stereocenters. The SMILES string of the molecule is N#CCN(CC#N)S(=O)(=O)c1cccc(C(=O)O)c1. The third-order valence-corrected chi connectivity index (χ3v) is 4.00. The van der Waals surface area contributed by atoms with Crippen molar-refractivity contribution in [3.05, 3.63) is 29.8 Å². The van der Waals surface area contributed by atoms with E-state index in [9.17, 15) is 13.2 Å². The molecule has 1 aromatic carbocycles. The van der Waals surface area contributed by atoms with Crippen LogP contribution in [-0.4, -0.2) is 36.9 Å². The van der Waals surface area contributed by atoms with Crippen molar-refractivity contribution in [2.24, 2.45) is 0 Å². The van der Waals surface area contributed by atoms with E-state index in [1.165, 1.54) is 18.2 Å². The maximum absolute atomic E-state index is 12.1. The Bertz CT molecular complexity index is 654. The number of aromatic carboxylic acids is 1. The van der Waals surface area contributed by atoms with Gasteiger partial charge < -0.3 is 5.11 Å². The minimum Gasteiger partial charge on any atom is -0.478 e. The lowest BCUT2D eigenvalue weighted by Gasteiger charge is -2.15. The summed E-state index contributed by atoms with van der Waals surface area (Å²) in [6, 6.07) is 8.02. The highest BCUT2D eigenvalue weighted by Gasteiger charge is 2.24. The first kappa shape index (κ1) is 14.6.